The number of hydrogen-bond donors (Lipinski definition) is 1. The van der Waals surface area contributed by atoms with Crippen molar-refractivity contribution in [3.05, 3.63) is 52.5 Å². The van der Waals surface area contributed by atoms with Gasteiger partial charge in [0.1, 0.15) is 12.4 Å². The maximum Gasteiger partial charge on any atom is 0.251 e. The second kappa shape index (κ2) is 8.43. The molecule has 0 aliphatic heterocycles. The summed E-state index contributed by atoms with van der Waals surface area (Å²) in [5.41, 5.74) is 0.506. The molecule has 0 aromatic heterocycles. The summed E-state index contributed by atoms with van der Waals surface area (Å²) in [5, 5.41) is 2.80. The third-order valence-corrected chi connectivity index (χ3v) is 3.64. The normalized spacial score (nSPS) is 10.0. The number of benzene rings is 2. The molecule has 1 N–H and O–H groups in total. The predicted octanol–water partition coefficient (Wildman–Crippen LogP) is 3.28. The van der Waals surface area contributed by atoms with Gasteiger partial charge in [-0.3, -0.25) is 4.79 Å². The van der Waals surface area contributed by atoms with E-state index in [-0.39, 0.29) is 5.91 Å². The molecule has 2 aromatic rings. The molecule has 122 valence electrons. The summed E-state index contributed by atoms with van der Waals surface area (Å²) in [5.74, 6) is 1.67. The van der Waals surface area contributed by atoms with Crippen LogP contribution in [0.1, 0.15) is 10.4 Å². The molecular weight excluding hydrogens is 362 g/mol. The van der Waals surface area contributed by atoms with Gasteiger partial charge in [0, 0.05) is 10.0 Å². The Morgan fingerprint density at radius 3 is 2.39 bits per heavy atom. The maximum atomic E-state index is 12.1. The third kappa shape index (κ3) is 4.89. The van der Waals surface area contributed by atoms with E-state index in [4.69, 9.17) is 14.2 Å². The van der Waals surface area contributed by atoms with Crippen LogP contribution in [0.25, 0.3) is 0 Å². The highest BCUT2D eigenvalue weighted by molar-refractivity contribution is 9.10. The Bertz CT molecular complexity index is 658. The molecule has 0 atom stereocenters. The number of ether oxygens (including phenoxy) is 3. The molecule has 0 aliphatic rings. The standard InChI is InChI=1S/C17H18BrNO4/c1-21-15-8-3-12(11-16(15)22-2)17(20)19-9-10-23-14-6-4-13(18)5-7-14/h3-8,11H,9-10H2,1-2H3,(H,19,20). The van der Waals surface area contributed by atoms with Crippen molar-refractivity contribution in [2.75, 3.05) is 27.4 Å². The molecule has 0 aliphatic carbocycles. The van der Waals surface area contributed by atoms with E-state index in [1.807, 2.05) is 24.3 Å². The second-order valence-corrected chi connectivity index (χ2v) is 5.54. The molecule has 0 bridgehead atoms. The first-order valence-corrected chi connectivity index (χ1v) is 7.82. The Hall–Kier alpha value is -2.21. The van der Waals surface area contributed by atoms with Gasteiger partial charge >= 0.3 is 0 Å². The van der Waals surface area contributed by atoms with Crippen LogP contribution in [0.15, 0.2) is 46.9 Å². The molecule has 2 rings (SSSR count). The highest BCUT2D eigenvalue weighted by atomic mass is 79.9. The minimum absolute atomic E-state index is 0.189. The molecule has 0 saturated carbocycles. The summed E-state index contributed by atoms with van der Waals surface area (Å²) in [7, 11) is 3.09. The van der Waals surface area contributed by atoms with E-state index in [2.05, 4.69) is 21.2 Å². The van der Waals surface area contributed by atoms with Crippen molar-refractivity contribution in [2.45, 2.75) is 0 Å². The van der Waals surface area contributed by atoms with Gasteiger partial charge in [0.25, 0.3) is 5.91 Å². The zero-order valence-corrected chi connectivity index (χ0v) is 14.6. The maximum absolute atomic E-state index is 12.1. The van der Waals surface area contributed by atoms with Crippen LogP contribution in [0.3, 0.4) is 0 Å². The Morgan fingerprint density at radius 1 is 1.04 bits per heavy atom. The van der Waals surface area contributed by atoms with Gasteiger partial charge in [-0.1, -0.05) is 15.9 Å². The zero-order chi connectivity index (χ0) is 16.7. The fourth-order valence-electron chi connectivity index (χ4n) is 1.94. The Kier molecular flexibility index (Phi) is 6.29. The average Bonchev–Trinajstić information content (AvgIpc) is 2.59. The topological polar surface area (TPSA) is 56.8 Å². The van der Waals surface area contributed by atoms with Crippen LogP contribution in [0.4, 0.5) is 0 Å². The molecule has 0 fully saturated rings. The van der Waals surface area contributed by atoms with Gasteiger partial charge in [-0.05, 0) is 42.5 Å². The lowest BCUT2D eigenvalue weighted by Gasteiger charge is -2.10. The second-order valence-electron chi connectivity index (χ2n) is 4.63. The van der Waals surface area contributed by atoms with Crippen molar-refractivity contribution >= 4 is 21.8 Å². The SMILES string of the molecule is COc1ccc(C(=O)NCCOc2ccc(Br)cc2)cc1OC. The van der Waals surface area contributed by atoms with Gasteiger partial charge in [-0.15, -0.1) is 0 Å². The van der Waals surface area contributed by atoms with Crippen LogP contribution in [0.2, 0.25) is 0 Å². The van der Waals surface area contributed by atoms with Gasteiger partial charge in [0.15, 0.2) is 11.5 Å². The number of carbonyl (C=O) groups excluding carboxylic acids is 1. The highest BCUT2D eigenvalue weighted by Crippen LogP contribution is 2.27. The molecule has 5 nitrogen and oxygen atoms in total. The van der Waals surface area contributed by atoms with Gasteiger partial charge < -0.3 is 19.5 Å². The summed E-state index contributed by atoms with van der Waals surface area (Å²) < 4.78 is 16.9. The molecular formula is C17H18BrNO4. The lowest BCUT2D eigenvalue weighted by atomic mass is 10.2. The summed E-state index contributed by atoms with van der Waals surface area (Å²) in [6.07, 6.45) is 0. The number of carbonyl (C=O) groups is 1. The third-order valence-electron chi connectivity index (χ3n) is 3.12. The minimum Gasteiger partial charge on any atom is -0.493 e. The molecule has 0 radical (unpaired) electrons. The van der Waals surface area contributed by atoms with Crippen LogP contribution >= 0.6 is 15.9 Å². The van der Waals surface area contributed by atoms with Gasteiger partial charge in [0.05, 0.1) is 20.8 Å². The zero-order valence-electron chi connectivity index (χ0n) is 13.0. The molecule has 0 heterocycles. The number of nitrogens with one attached hydrogen (secondary N) is 1. The summed E-state index contributed by atoms with van der Waals surface area (Å²) >= 11 is 3.36. The predicted molar refractivity (Wildman–Crippen MR) is 91.5 cm³/mol. The monoisotopic (exact) mass is 379 g/mol. The van der Waals surface area contributed by atoms with E-state index in [0.717, 1.165) is 10.2 Å². The van der Waals surface area contributed by atoms with Crippen molar-refractivity contribution in [1.29, 1.82) is 0 Å². The number of methoxy groups -OCH3 is 2. The van der Waals surface area contributed by atoms with Crippen molar-refractivity contribution in [2.24, 2.45) is 0 Å². The number of halogens is 1. The first-order valence-electron chi connectivity index (χ1n) is 7.02. The molecule has 6 heteroatoms. The highest BCUT2D eigenvalue weighted by Gasteiger charge is 2.10. The lowest BCUT2D eigenvalue weighted by Crippen LogP contribution is -2.28. The fraction of sp³-hybridized carbons (Fsp3) is 0.235. The van der Waals surface area contributed by atoms with Crippen molar-refractivity contribution < 1.29 is 19.0 Å². The Morgan fingerprint density at radius 2 is 1.74 bits per heavy atom. The molecule has 0 unspecified atom stereocenters. The van der Waals surface area contributed by atoms with E-state index < -0.39 is 0 Å². The number of amides is 1. The van der Waals surface area contributed by atoms with Crippen LogP contribution in [0, 0.1) is 0 Å². The van der Waals surface area contributed by atoms with Crippen LogP contribution in [0.5, 0.6) is 17.2 Å². The van der Waals surface area contributed by atoms with E-state index in [0.29, 0.717) is 30.2 Å². The van der Waals surface area contributed by atoms with E-state index in [9.17, 15) is 4.79 Å². The lowest BCUT2D eigenvalue weighted by molar-refractivity contribution is 0.0946. The first kappa shape index (κ1) is 17.1. The van der Waals surface area contributed by atoms with E-state index in [1.54, 1.807) is 25.3 Å². The minimum atomic E-state index is -0.189. The molecule has 1 amide bonds. The summed E-state index contributed by atoms with van der Waals surface area (Å²) in [6.45, 7) is 0.796. The summed E-state index contributed by atoms with van der Waals surface area (Å²) in [6, 6.07) is 12.6. The van der Waals surface area contributed by atoms with Crippen molar-refractivity contribution in [1.82, 2.24) is 5.32 Å². The average molecular weight is 380 g/mol. The molecule has 2 aromatic carbocycles. The van der Waals surface area contributed by atoms with Gasteiger partial charge in [0.2, 0.25) is 0 Å². The number of rotatable bonds is 7. The first-order chi connectivity index (χ1) is 11.1. The largest absolute Gasteiger partial charge is 0.493 e. The number of hydrogen-bond acceptors (Lipinski definition) is 4. The van der Waals surface area contributed by atoms with E-state index in [1.165, 1.54) is 7.11 Å². The van der Waals surface area contributed by atoms with E-state index >= 15 is 0 Å². The van der Waals surface area contributed by atoms with Gasteiger partial charge in [-0.2, -0.15) is 0 Å². The molecule has 0 spiro atoms. The van der Waals surface area contributed by atoms with Crippen LogP contribution < -0.4 is 19.5 Å². The Labute approximate surface area is 143 Å². The van der Waals surface area contributed by atoms with Crippen molar-refractivity contribution in [3.63, 3.8) is 0 Å². The van der Waals surface area contributed by atoms with Crippen molar-refractivity contribution in [3.8, 4) is 17.2 Å². The Balaban J connectivity index is 1.83. The fourth-order valence-corrected chi connectivity index (χ4v) is 2.21. The molecule has 0 saturated heterocycles. The molecule has 23 heavy (non-hydrogen) atoms. The van der Waals surface area contributed by atoms with Gasteiger partial charge in [-0.25, -0.2) is 0 Å². The summed E-state index contributed by atoms with van der Waals surface area (Å²) in [4.78, 5) is 12.1. The van der Waals surface area contributed by atoms with Crippen LogP contribution in [-0.4, -0.2) is 33.3 Å². The quantitative estimate of drug-likeness (QED) is 0.750. The van der Waals surface area contributed by atoms with Crippen LogP contribution in [-0.2, 0) is 0 Å². The smallest absolute Gasteiger partial charge is 0.251 e.